The zero-order valence-electron chi connectivity index (χ0n) is 21.7. The van der Waals surface area contributed by atoms with Crippen molar-refractivity contribution in [1.29, 1.82) is 0 Å². The van der Waals surface area contributed by atoms with Gasteiger partial charge in [-0.25, -0.2) is 15.0 Å². The molecule has 1 fully saturated rings. The van der Waals surface area contributed by atoms with E-state index in [4.69, 9.17) is 19.7 Å². The molecule has 1 aliphatic heterocycles. The van der Waals surface area contributed by atoms with E-state index in [2.05, 4.69) is 86.9 Å². The van der Waals surface area contributed by atoms with Crippen LogP contribution in [0.15, 0.2) is 84.2 Å². The Balaban J connectivity index is 1.30. The number of aryl methyl sites for hydroxylation is 1. The predicted octanol–water partition coefficient (Wildman–Crippen LogP) is 6.58. The average molecular weight is 533 g/mol. The minimum absolute atomic E-state index is 0.701. The molecular formula is C31H28N6OS. The molecule has 6 aromatic rings. The van der Waals surface area contributed by atoms with Crippen LogP contribution >= 0.6 is 11.3 Å². The fourth-order valence-corrected chi connectivity index (χ4v) is 6.22. The maximum Gasteiger partial charge on any atom is 0.146 e. The van der Waals surface area contributed by atoms with Crippen molar-refractivity contribution in [3.8, 4) is 16.8 Å². The van der Waals surface area contributed by atoms with Crippen molar-refractivity contribution in [3.63, 3.8) is 0 Å². The van der Waals surface area contributed by atoms with E-state index in [0.717, 1.165) is 87.5 Å². The summed E-state index contributed by atoms with van der Waals surface area (Å²) in [6, 6.07) is 27.1. The highest BCUT2D eigenvalue weighted by Gasteiger charge is 2.19. The van der Waals surface area contributed by atoms with Crippen molar-refractivity contribution in [2.45, 2.75) is 13.5 Å². The molecule has 3 aromatic carbocycles. The number of imidazole rings is 1. The van der Waals surface area contributed by atoms with Crippen molar-refractivity contribution in [3.05, 3.63) is 95.9 Å². The third-order valence-electron chi connectivity index (χ3n) is 7.13. The van der Waals surface area contributed by atoms with Gasteiger partial charge >= 0.3 is 0 Å². The number of thiophene rings is 1. The summed E-state index contributed by atoms with van der Waals surface area (Å²) in [6.45, 7) is 6.03. The number of hydrogen-bond donors (Lipinski definition) is 1. The Morgan fingerprint density at radius 3 is 2.46 bits per heavy atom. The maximum absolute atomic E-state index is 5.54. The lowest BCUT2D eigenvalue weighted by atomic mass is 10.1. The Labute approximate surface area is 230 Å². The monoisotopic (exact) mass is 532 g/mol. The van der Waals surface area contributed by atoms with Crippen LogP contribution in [0.3, 0.4) is 0 Å². The zero-order chi connectivity index (χ0) is 26.2. The van der Waals surface area contributed by atoms with Crippen molar-refractivity contribution in [1.82, 2.24) is 24.4 Å². The van der Waals surface area contributed by atoms with Gasteiger partial charge in [-0.15, -0.1) is 11.3 Å². The van der Waals surface area contributed by atoms with E-state index in [0.29, 0.717) is 6.54 Å². The molecule has 0 saturated carbocycles. The number of nitrogens with zero attached hydrogens (tertiary/aromatic N) is 5. The minimum atomic E-state index is 0.701. The van der Waals surface area contributed by atoms with E-state index >= 15 is 0 Å². The lowest BCUT2D eigenvalue weighted by Crippen LogP contribution is -2.36. The first-order chi connectivity index (χ1) is 19.2. The van der Waals surface area contributed by atoms with Crippen LogP contribution in [0, 0.1) is 6.92 Å². The summed E-state index contributed by atoms with van der Waals surface area (Å²) < 4.78 is 7.73. The molecule has 7 nitrogen and oxygen atoms in total. The quantitative estimate of drug-likeness (QED) is 0.261. The molecule has 0 aliphatic carbocycles. The molecule has 39 heavy (non-hydrogen) atoms. The molecule has 0 unspecified atom stereocenters. The summed E-state index contributed by atoms with van der Waals surface area (Å²) in [5, 5.41) is 6.88. The first-order valence-corrected chi connectivity index (χ1v) is 14.1. The van der Waals surface area contributed by atoms with E-state index in [1.165, 1.54) is 0 Å². The van der Waals surface area contributed by atoms with Crippen LogP contribution in [0.5, 0.6) is 0 Å². The van der Waals surface area contributed by atoms with Crippen molar-refractivity contribution in [2.24, 2.45) is 0 Å². The number of benzene rings is 3. The number of para-hydroxylation sites is 1. The summed E-state index contributed by atoms with van der Waals surface area (Å²) in [6.07, 6.45) is 0. The lowest BCUT2D eigenvalue weighted by molar-refractivity contribution is 0.0331. The van der Waals surface area contributed by atoms with Gasteiger partial charge in [-0.2, -0.15) is 0 Å². The molecule has 0 bridgehead atoms. The lowest BCUT2D eigenvalue weighted by Gasteiger charge is -2.25. The number of anilines is 2. The second-order valence-corrected chi connectivity index (χ2v) is 10.6. The SMILES string of the molecule is Cc1nc2cc(Nc3nc(CN4CCOCC4)nc4scc(-c5ccccc5)c34)ccc2n1-c1ccccc1. The molecule has 1 saturated heterocycles. The molecule has 1 N–H and O–H groups in total. The van der Waals surface area contributed by atoms with Crippen LogP contribution in [-0.4, -0.2) is 50.7 Å². The largest absolute Gasteiger partial charge is 0.379 e. The summed E-state index contributed by atoms with van der Waals surface area (Å²) in [5.74, 6) is 2.59. The summed E-state index contributed by atoms with van der Waals surface area (Å²) in [4.78, 5) is 18.3. The average Bonchev–Trinajstić information content (AvgIpc) is 3.55. The topological polar surface area (TPSA) is 68.1 Å². The standard InChI is InChI=1S/C31H28N6OS/c1-21-32-26-18-23(12-13-27(26)37(21)24-10-6-3-7-11-24)33-30-29-25(22-8-4-2-5-9-22)20-39-31(29)35-28(34-30)19-36-14-16-38-17-15-36/h2-13,18,20H,14-17,19H2,1H3,(H,33,34,35). The van der Waals surface area contributed by atoms with Crippen LogP contribution in [0.25, 0.3) is 38.1 Å². The van der Waals surface area contributed by atoms with Crippen LogP contribution in [-0.2, 0) is 11.3 Å². The number of morpholine rings is 1. The molecule has 1 aliphatic rings. The van der Waals surface area contributed by atoms with Gasteiger partial charge in [0.2, 0.25) is 0 Å². The Bertz CT molecular complexity index is 1760. The van der Waals surface area contributed by atoms with Crippen LogP contribution in [0.4, 0.5) is 11.5 Å². The van der Waals surface area contributed by atoms with E-state index < -0.39 is 0 Å². The van der Waals surface area contributed by atoms with Gasteiger partial charge in [-0.3, -0.25) is 9.47 Å². The van der Waals surface area contributed by atoms with Gasteiger partial charge in [0.1, 0.15) is 22.3 Å². The fourth-order valence-electron chi connectivity index (χ4n) is 5.25. The molecule has 0 atom stereocenters. The number of rotatable bonds is 6. The third-order valence-corrected chi connectivity index (χ3v) is 8.00. The molecule has 8 heteroatoms. The third kappa shape index (κ3) is 4.67. The Kier molecular flexibility index (Phi) is 6.28. The number of ether oxygens (including phenoxy) is 1. The summed E-state index contributed by atoms with van der Waals surface area (Å²) >= 11 is 1.67. The Morgan fingerprint density at radius 1 is 0.897 bits per heavy atom. The smallest absolute Gasteiger partial charge is 0.146 e. The molecule has 4 heterocycles. The highest BCUT2D eigenvalue weighted by atomic mass is 32.1. The first kappa shape index (κ1) is 24.0. The number of aromatic nitrogens is 4. The van der Waals surface area contributed by atoms with Gasteiger partial charge in [-0.05, 0) is 42.8 Å². The van der Waals surface area contributed by atoms with Crippen molar-refractivity contribution >= 4 is 44.1 Å². The van der Waals surface area contributed by atoms with Gasteiger partial charge in [0, 0.05) is 35.4 Å². The van der Waals surface area contributed by atoms with Gasteiger partial charge in [0.25, 0.3) is 0 Å². The molecule has 3 aromatic heterocycles. The van der Waals surface area contributed by atoms with E-state index in [9.17, 15) is 0 Å². The number of fused-ring (bicyclic) bond motifs is 2. The van der Waals surface area contributed by atoms with Crippen molar-refractivity contribution in [2.75, 3.05) is 31.6 Å². The Hall–Kier alpha value is -4.11. The van der Waals surface area contributed by atoms with Crippen LogP contribution in [0.1, 0.15) is 11.6 Å². The number of nitrogens with one attached hydrogen (secondary N) is 1. The zero-order valence-corrected chi connectivity index (χ0v) is 22.5. The fraction of sp³-hybridized carbons (Fsp3) is 0.194. The Morgan fingerprint density at radius 2 is 1.67 bits per heavy atom. The minimum Gasteiger partial charge on any atom is -0.379 e. The van der Waals surface area contributed by atoms with Crippen molar-refractivity contribution < 1.29 is 4.74 Å². The highest BCUT2D eigenvalue weighted by Crippen LogP contribution is 2.38. The van der Waals surface area contributed by atoms with E-state index in [1.807, 2.05) is 19.1 Å². The second kappa shape index (κ2) is 10.2. The molecule has 7 rings (SSSR count). The maximum atomic E-state index is 5.54. The molecule has 0 amide bonds. The second-order valence-electron chi connectivity index (χ2n) is 9.73. The normalized spacial score (nSPS) is 14.3. The van der Waals surface area contributed by atoms with Crippen LogP contribution < -0.4 is 5.32 Å². The first-order valence-electron chi connectivity index (χ1n) is 13.2. The van der Waals surface area contributed by atoms with E-state index in [-0.39, 0.29) is 0 Å². The molecule has 194 valence electrons. The summed E-state index contributed by atoms with van der Waals surface area (Å²) in [5.41, 5.74) is 6.36. The molecule has 0 radical (unpaired) electrons. The predicted molar refractivity (Wildman–Crippen MR) is 158 cm³/mol. The van der Waals surface area contributed by atoms with E-state index in [1.54, 1.807) is 11.3 Å². The van der Waals surface area contributed by atoms with Gasteiger partial charge in [0.05, 0.1) is 36.2 Å². The van der Waals surface area contributed by atoms with Gasteiger partial charge in [-0.1, -0.05) is 48.5 Å². The van der Waals surface area contributed by atoms with Gasteiger partial charge < -0.3 is 10.1 Å². The molecular weight excluding hydrogens is 504 g/mol. The highest BCUT2D eigenvalue weighted by molar-refractivity contribution is 7.17. The summed E-state index contributed by atoms with van der Waals surface area (Å²) in [7, 11) is 0. The number of hydrogen-bond acceptors (Lipinski definition) is 7. The van der Waals surface area contributed by atoms with Gasteiger partial charge in [0.15, 0.2) is 0 Å². The molecule has 0 spiro atoms. The van der Waals surface area contributed by atoms with Crippen LogP contribution in [0.2, 0.25) is 0 Å².